The number of sulfonamides is 1. The molecular weight excluding hydrogens is 1240 g/mol. The van der Waals surface area contributed by atoms with Crippen LogP contribution in [0.4, 0.5) is 49.7 Å². The molecule has 3 atom stereocenters. The third kappa shape index (κ3) is 13.2. The third-order valence-corrected chi connectivity index (χ3v) is 17.8. The lowest BCUT2D eigenvalue weighted by atomic mass is 9.78. The van der Waals surface area contributed by atoms with Crippen LogP contribution >= 0.6 is 19.4 Å². The third-order valence-electron chi connectivity index (χ3n) is 14.1. The van der Waals surface area contributed by atoms with Crippen molar-refractivity contribution >= 4 is 73.8 Å². The number of nitrogens with zero attached hydrogens (tertiary/aromatic N) is 6. The van der Waals surface area contributed by atoms with Gasteiger partial charge in [-0.3, -0.25) is 28.7 Å². The number of amides is 2. The van der Waals surface area contributed by atoms with Crippen molar-refractivity contribution in [2.45, 2.75) is 107 Å². The molecule has 1 saturated carbocycles. The molecule has 3 aromatic heterocycles. The highest BCUT2D eigenvalue weighted by atomic mass is 35.5. The van der Waals surface area contributed by atoms with Gasteiger partial charge in [0.05, 0.1) is 39.5 Å². The Morgan fingerprint density at radius 2 is 1.55 bits per heavy atom. The van der Waals surface area contributed by atoms with Crippen LogP contribution < -0.4 is 14.1 Å². The van der Waals surface area contributed by atoms with E-state index in [2.05, 4.69) is 32.3 Å². The molecular formula is C52H47ClF10N7O12PS2. The van der Waals surface area contributed by atoms with Gasteiger partial charge in [0.2, 0.25) is 21.8 Å². The molecule has 33 heteroatoms. The highest BCUT2D eigenvalue weighted by Crippen LogP contribution is 2.68. The molecule has 2 aliphatic rings. The van der Waals surface area contributed by atoms with Crippen molar-refractivity contribution in [3.05, 3.63) is 122 Å². The summed E-state index contributed by atoms with van der Waals surface area (Å²) in [5.41, 5.74) is -9.14. The van der Waals surface area contributed by atoms with Crippen molar-refractivity contribution in [2.75, 3.05) is 16.8 Å². The van der Waals surface area contributed by atoms with Gasteiger partial charge < -0.3 is 14.9 Å². The van der Waals surface area contributed by atoms with E-state index in [1.54, 1.807) is 0 Å². The molecule has 0 bridgehead atoms. The summed E-state index contributed by atoms with van der Waals surface area (Å²) in [7, 11) is -14.5. The van der Waals surface area contributed by atoms with Crippen LogP contribution in [-0.2, 0) is 71.0 Å². The zero-order valence-corrected chi connectivity index (χ0v) is 48.4. The topological polar surface area (TPSA) is 270 Å². The number of pyridine rings is 1. The van der Waals surface area contributed by atoms with Gasteiger partial charge in [0.1, 0.15) is 46.6 Å². The van der Waals surface area contributed by atoms with E-state index in [0.29, 0.717) is 12.3 Å². The van der Waals surface area contributed by atoms with Gasteiger partial charge in [-0.05, 0) is 99.0 Å². The van der Waals surface area contributed by atoms with E-state index in [0.717, 1.165) is 54.8 Å². The van der Waals surface area contributed by atoms with Gasteiger partial charge in [0.15, 0.2) is 21.3 Å². The van der Waals surface area contributed by atoms with E-state index in [9.17, 15) is 85.8 Å². The number of hydrogen-bond acceptors (Lipinski definition) is 12. The highest BCUT2D eigenvalue weighted by molar-refractivity contribution is 7.93. The fourth-order valence-corrected chi connectivity index (χ4v) is 12.1. The average molecular weight is 1280 g/mol. The second-order valence-corrected chi connectivity index (χ2v) is 27.5. The molecule has 2 aliphatic carbocycles. The Morgan fingerprint density at radius 1 is 0.929 bits per heavy atom. The molecule has 1 fully saturated rings. The van der Waals surface area contributed by atoms with Crippen molar-refractivity contribution in [2.24, 2.45) is 5.92 Å². The number of hydrogen-bond donors (Lipinski definition) is 4. The van der Waals surface area contributed by atoms with E-state index in [1.165, 1.54) is 34.6 Å². The van der Waals surface area contributed by atoms with Crippen molar-refractivity contribution in [1.82, 2.24) is 29.9 Å². The lowest BCUT2D eigenvalue weighted by Gasteiger charge is -2.31. The number of anilines is 1. The number of phosphoric ester groups is 1. The molecule has 0 radical (unpaired) electrons. The number of aromatic carboxylic acids is 1. The molecule has 0 spiro atoms. The number of carboxylic acids is 1. The van der Waals surface area contributed by atoms with Crippen LogP contribution in [-0.4, -0.2) is 97.5 Å². The summed E-state index contributed by atoms with van der Waals surface area (Å²) in [5, 5.41) is 18.2. The number of benzene rings is 3. The number of carbonyl (C=O) groups excluding carboxylic acids is 2. The molecule has 4 N–H and O–H groups in total. The molecule has 2 amide bonds. The van der Waals surface area contributed by atoms with Gasteiger partial charge in [-0.1, -0.05) is 37.4 Å². The zero-order chi connectivity index (χ0) is 63.4. The molecule has 3 heterocycles. The quantitative estimate of drug-likeness (QED) is 0.0376. The van der Waals surface area contributed by atoms with Crippen molar-refractivity contribution in [3.63, 3.8) is 0 Å². The number of rotatable bonds is 17. The average Bonchev–Trinajstić information content (AvgIpc) is 1.53. The van der Waals surface area contributed by atoms with E-state index < -0.39 is 196 Å². The molecule has 3 aromatic carbocycles. The summed E-state index contributed by atoms with van der Waals surface area (Å²) in [6, 6.07) is 6.11. The number of aryl methyl sites for hydroxylation is 1. The number of aromatic nitrogens is 5. The molecule has 85 heavy (non-hydrogen) atoms. The van der Waals surface area contributed by atoms with Crippen LogP contribution in [0.1, 0.15) is 108 Å². The minimum absolute atomic E-state index is 0.0177. The Hall–Kier alpha value is -7.10. The first-order valence-electron chi connectivity index (χ1n) is 24.8. The number of halogens is 11. The lowest BCUT2D eigenvalue weighted by Crippen LogP contribution is -2.40. The minimum Gasteiger partial charge on any atom is -0.478 e. The first-order chi connectivity index (χ1) is 38.8. The van der Waals surface area contributed by atoms with Gasteiger partial charge in [0.25, 0.3) is 5.92 Å². The molecule has 1 unspecified atom stereocenters. The first kappa shape index (κ1) is 63.9. The number of alkyl halides is 8. The monoisotopic (exact) mass is 1280 g/mol. The van der Waals surface area contributed by atoms with Gasteiger partial charge in [-0.25, -0.2) is 40.0 Å². The normalized spacial score (nSPS) is 16.5. The lowest BCUT2D eigenvalue weighted by molar-refractivity contribution is -0.143. The second-order valence-electron chi connectivity index (χ2n) is 21.6. The number of fused-ring (bicyclic) bond motifs is 4. The van der Waals surface area contributed by atoms with E-state index >= 15 is 8.78 Å². The maximum Gasteiger partial charge on any atom is 0.524 e. The van der Waals surface area contributed by atoms with Gasteiger partial charge >= 0.3 is 26.1 Å². The summed E-state index contributed by atoms with van der Waals surface area (Å²) < 4.78 is 218. The Morgan fingerprint density at radius 3 is 2.12 bits per heavy atom. The number of phosphoric acid groups is 1. The van der Waals surface area contributed by atoms with E-state index in [4.69, 9.17) is 16.1 Å². The molecule has 0 aliphatic heterocycles. The predicted octanol–water partition coefficient (Wildman–Crippen LogP) is 9.43. The molecule has 8 rings (SSSR count). The fourth-order valence-electron chi connectivity index (χ4n) is 10.3. The van der Waals surface area contributed by atoms with Crippen molar-refractivity contribution in [1.29, 1.82) is 0 Å². The maximum absolute atomic E-state index is 15.7. The van der Waals surface area contributed by atoms with Crippen LogP contribution in [0, 0.1) is 36.3 Å². The number of carboxylic acid groups (broad SMARTS) is 1. The Labute approximate surface area is 481 Å². The smallest absolute Gasteiger partial charge is 0.478 e. The predicted molar refractivity (Wildman–Crippen MR) is 284 cm³/mol. The molecule has 19 nitrogen and oxygen atoms in total. The zero-order valence-electron chi connectivity index (χ0n) is 45.1. The fraction of sp³-hybridized carbons (Fsp3) is 0.385. The summed E-state index contributed by atoms with van der Waals surface area (Å²) in [4.78, 5) is 65.1. The highest BCUT2D eigenvalue weighted by Gasteiger charge is 2.68. The SMILES string of the molecule is Cc1cc(C(=O)O)cc(OP(=O)(O)O)c1C(C)(C)CC(=O)N(c1nn(CC(F)(F)F)c2c(-c3ccc(C#CC(C)(C)S(C)(=O)=O)nc3[C@H](Cc3cc(F)cc(F)c3)NC(=O)Cn3nc(C(F)(F)F)c4c3C(F)(F)C3C[C@H]43)ccc(Cl)c12)S(C)(=O)=O. The molecule has 0 saturated heterocycles. The number of carbonyl (C=O) groups is 3. The van der Waals surface area contributed by atoms with Crippen molar-refractivity contribution < 1.29 is 99.1 Å². The Balaban J connectivity index is 1.35. The minimum atomic E-state index is -5.49. The standard InChI is InChI=1S/C52H47ClF10N7O12PS2/c1-24-14-26(47(73)74)18-36(82-83(75,76)77)41(24)48(2,3)21-38(72)70(85(7,80)81)46-40-34(53)11-10-31(43(40)69(67-46)23-50(56,57)58)30-9-8-29(12-13-49(4,5)84(6,78)79)64-42(30)35(17-25-15-27(54)19-28(55)16-25)65-37(71)22-68-45-39(44(66-68)52(61,62)63)32-20-33(32)51(45,59)60/h8-11,14-16,18-19,32-33,35H,17,20-23H2,1-7H3,(H,65,71)(H,73,74)(H2,75,76,77)/t32-,33?,35-/m0/s1. The van der Waals surface area contributed by atoms with Crippen LogP contribution in [0.3, 0.4) is 0 Å². The maximum atomic E-state index is 15.7. The Kier molecular flexibility index (Phi) is 16.3. The summed E-state index contributed by atoms with van der Waals surface area (Å²) in [6.45, 7) is 2.73. The summed E-state index contributed by atoms with van der Waals surface area (Å²) in [6.07, 6.45) is -11.3. The van der Waals surface area contributed by atoms with Crippen molar-refractivity contribution in [3.8, 4) is 28.7 Å². The van der Waals surface area contributed by atoms with Crippen LogP contribution in [0.5, 0.6) is 5.75 Å². The molecule has 6 aromatic rings. The Bertz CT molecular complexity index is 4140. The van der Waals surface area contributed by atoms with Crippen LogP contribution in [0.15, 0.2) is 54.6 Å². The second kappa shape index (κ2) is 21.7. The first-order valence-corrected chi connectivity index (χ1v) is 30.4. The van der Waals surface area contributed by atoms with Crippen LogP contribution in [0.2, 0.25) is 5.02 Å². The van der Waals surface area contributed by atoms with Gasteiger partial charge in [-0.2, -0.15) is 49.6 Å². The number of sulfone groups is 1. The molecule has 456 valence electrons. The number of nitrogens with one attached hydrogen (secondary N) is 1. The van der Waals surface area contributed by atoms with E-state index in [1.807, 2.05) is 0 Å². The van der Waals surface area contributed by atoms with Crippen LogP contribution in [0.25, 0.3) is 22.0 Å². The van der Waals surface area contributed by atoms with Gasteiger partial charge in [-0.15, -0.1) is 0 Å². The summed E-state index contributed by atoms with van der Waals surface area (Å²) in [5.74, 6) is -10.3. The summed E-state index contributed by atoms with van der Waals surface area (Å²) >= 11 is 6.76. The largest absolute Gasteiger partial charge is 0.524 e. The van der Waals surface area contributed by atoms with E-state index in [-0.39, 0.29) is 42.5 Å². The van der Waals surface area contributed by atoms with Gasteiger partial charge in [0, 0.05) is 52.3 Å².